The van der Waals surface area contributed by atoms with Crippen molar-refractivity contribution in [3.63, 3.8) is 0 Å². The molecule has 1 unspecified atom stereocenters. The molecule has 0 aliphatic rings. The van der Waals surface area contributed by atoms with Gasteiger partial charge >= 0.3 is 12.1 Å². The smallest absolute Gasteiger partial charge is 0.329 e. The maximum Gasteiger partial charge on any atom is 0.471 e. The standard InChI is InChI=1S/C13H14F3N3O3S/c1-3-23(20,21)19-8(2)9-4-6-10(7-5-9)11-17-12(22-18-11)13(14,15)16/h4-8,19H,3H2,1-2H3. The Morgan fingerprint density at radius 1 is 1.26 bits per heavy atom. The molecule has 6 nitrogen and oxygen atoms in total. The monoisotopic (exact) mass is 349 g/mol. The molecule has 10 heteroatoms. The van der Waals surface area contributed by atoms with E-state index in [9.17, 15) is 21.6 Å². The Morgan fingerprint density at radius 3 is 2.35 bits per heavy atom. The molecule has 1 heterocycles. The van der Waals surface area contributed by atoms with Gasteiger partial charge in [0.25, 0.3) is 0 Å². The summed E-state index contributed by atoms with van der Waals surface area (Å²) >= 11 is 0. The van der Waals surface area contributed by atoms with Crippen LogP contribution in [0.15, 0.2) is 28.8 Å². The topological polar surface area (TPSA) is 85.1 Å². The molecular weight excluding hydrogens is 335 g/mol. The van der Waals surface area contributed by atoms with E-state index in [1.807, 2.05) is 0 Å². The van der Waals surface area contributed by atoms with Gasteiger partial charge in [-0.3, -0.25) is 0 Å². The highest BCUT2D eigenvalue weighted by Gasteiger charge is 2.38. The summed E-state index contributed by atoms with van der Waals surface area (Å²) in [6.45, 7) is 3.19. The lowest BCUT2D eigenvalue weighted by Gasteiger charge is -2.13. The highest BCUT2D eigenvalue weighted by Crippen LogP contribution is 2.29. The Hall–Kier alpha value is -1.94. The van der Waals surface area contributed by atoms with Gasteiger partial charge in [-0.25, -0.2) is 13.1 Å². The molecule has 0 radical (unpaired) electrons. The third-order valence-corrected chi connectivity index (χ3v) is 4.55. The average Bonchev–Trinajstić information content (AvgIpc) is 2.97. The summed E-state index contributed by atoms with van der Waals surface area (Å²) in [5.74, 6) is -1.65. The summed E-state index contributed by atoms with van der Waals surface area (Å²) in [5.41, 5.74) is 0.990. The van der Waals surface area contributed by atoms with Crippen LogP contribution in [0.1, 0.15) is 31.3 Å². The van der Waals surface area contributed by atoms with Crippen molar-refractivity contribution < 1.29 is 26.1 Å². The molecule has 2 rings (SSSR count). The highest BCUT2D eigenvalue weighted by molar-refractivity contribution is 7.89. The minimum Gasteiger partial charge on any atom is -0.329 e. The van der Waals surface area contributed by atoms with Crippen molar-refractivity contribution in [1.29, 1.82) is 0 Å². The van der Waals surface area contributed by atoms with Crippen molar-refractivity contribution >= 4 is 10.0 Å². The van der Waals surface area contributed by atoms with Crippen LogP contribution >= 0.6 is 0 Å². The van der Waals surface area contributed by atoms with Crippen LogP contribution in [-0.4, -0.2) is 24.3 Å². The van der Waals surface area contributed by atoms with Crippen LogP contribution in [0.25, 0.3) is 11.4 Å². The second kappa shape index (κ2) is 6.28. The lowest BCUT2D eigenvalue weighted by Crippen LogP contribution is -2.28. The number of nitrogens with one attached hydrogen (secondary N) is 1. The van der Waals surface area contributed by atoms with Crippen molar-refractivity contribution in [2.24, 2.45) is 0 Å². The Labute approximate surface area is 130 Å². The van der Waals surface area contributed by atoms with Gasteiger partial charge in [0.2, 0.25) is 15.8 Å². The number of hydrogen-bond acceptors (Lipinski definition) is 5. The summed E-state index contributed by atoms with van der Waals surface area (Å²) < 4.78 is 66.9. The molecule has 0 spiro atoms. The maximum atomic E-state index is 12.4. The van der Waals surface area contributed by atoms with Crippen molar-refractivity contribution in [3.05, 3.63) is 35.7 Å². The summed E-state index contributed by atoms with van der Waals surface area (Å²) in [6, 6.07) is 5.70. The van der Waals surface area contributed by atoms with E-state index in [2.05, 4.69) is 19.4 Å². The van der Waals surface area contributed by atoms with Gasteiger partial charge in [-0.05, 0) is 19.4 Å². The molecule has 1 atom stereocenters. The average molecular weight is 349 g/mol. The third kappa shape index (κ3) is 4.29. The Morgan fingerprint density at radius 2 is 1.87 bits per heavy atom. The molecule has 0 aliphatic carbocycles. The second-order valence-corrected chi connectivity index (χ2v) is 6.83. The molecule has 0 saturated heterocycles. The number of nitrogens with zero attached hydrogens (tertiary/aromatic N) is 2. The van der Waals surface area contributed by atoms with E-state index in [-0.39, 0.29) is 11.6 Å². The lowest BCUT2D eigenvalue weighted by molar-refractivity contribution is -0.159. The number of aromatic nitrogens is 2. The zero-order valence-corrected chi connectivity index (χ0v) is 13.1. The molecule has 126 valence electrons. The summed E-state index contributed by atoms with van der Waals surface area (Å²) in [4.78, 5) is 3.28. The zero-order chi connectivity index (χ0) is 17.3. The van der Waals surface area contributed by atoms with Gasteiger partial charge in [-0.2, -0.15) is 18.2 Å². The molecule has 0 saturated carbocycles. The fraction of sp³-hybridized carbons (Fsp3) is 0.385. The summed E-state index contributed by atoms with van der Waals surface area (Å²) in [5, 5.41) is 3.28. The molecular formula is C13H14F3N3O3S. The van der Waals surface area contributed by atoms with E-state index in [4.69, 9.17) is 0 Å². The SMILES string of the molecule is CCS(=O)(=O)NC(C)c1ccc(-c2noc(C(F)(F)F)n2)cc1. The van der Waals surface area contributed by atoms with Crippen LogP contribution in [-0.2, 0) is 16.2 Å². The number of rotatable bonds is 5. The fourth-order valence-electron chi connectivity index (χ4n) is 1.80. The summed E-state index contributed by atoms with van der Waals surface area (Å²) in [7, 11) is -3.36. The number of halogens is 3. The number of benzene rings is 1. The van der Waals surface area contributed by atoms with E-state index < -0.39 is 28.1 Å². The minimum atomic E-state index is -4.70. The van der Waals surface area contributed by atoms with Gasteiger partial charge < -0.3 is 4.52 Å². The Kier molecular flexibility index (Phi) is 4.76. The van der Waals surface area contributed by atoms with Crippen molar-refractivity contribution in [1.82, 2.24) is 14.9 Å². The molecule has 1 aromatic carbocycles. The minimum absolute atomic E-state index is 0.0432. The van der Waals surface area contributed by atoms with E-state index >= 15 is 0 Å². The van der Waals surface area contributed by atoms with Crippen LogP contribution in [0.5, 0.6) is 0 Å². The number of sulfonamides is 1. The van der Waals surface area contributed by atoms with Crippen molar-refractivity contribution in [2.45, 2.75) is 26.1 Å². The van der Waals surface area contributed by atoms with Gasteiger partial charge in [0, 0.05) is 11.6 Å². The van der Waals surface area contributed by atoms with Crippen LogP contribution in [0.3, 0.4) is 0 Å². The van der Waals surface area contributed by atoms with E-state index in [0.717, 1.165) is 0 Å². The van der Waals surface area contributed by atoms with Gasteiger partial charge in [0.1, 0.15) is 0 Å². The van der Waals surface area contributed by atoms with Gasteiger partial charge in [0.15, 0.2) is 0 Å². The zero-order valence-electron chi connectivity index (χ0n) is 12.3. The first-order valence-corrected chi connectivity index (χ1v) is 8.29. The highest BCUT2D eigenvalue weighted by atomic mass is 32.2. The van der Waals surface area contributed by atoms with Crippen LogP contribution in [0.4, 0.5) is 13.2 Å². The number of hydrogen-bond donors (Lipinski definition) is 1. The molecule has 1 N–H and O–H groups in total. The van der Waals surface area contributed by atoms with Crippen LogP contribution in [0, 0.1) is 0 Å². The predicted octanol–water partition coefficient (Wildman–Crippen LogP) is 2.76. The summed E-state index contributed by atoms with van der Waals surface area (Å²) in [6.07, 6.45) is -4.70. The molecule has 2 aromatic rings. The Balaban J connectivity index is 2.18. The van der Waals surface area contributed by atoms with E-state index in [1.165, 1.54) is 19.1 Å². The largest absolute Gasteiger partial charge is 0.471 e. The predicted molar refractivity (Wildman–Crippen MR) is 75.7 cm³/mol. The molecule has 0 aliphatic heterocycles. The third-order valence-electron chi connectivity index (χ3n) is 3.07. The number of alkyl halides is 3. The van der Waals surface area contributed by atoms with Crippen molar-refractivity contribution in [2.75, 3.05) is 5.75 Å². The van der Waals surface area contributed by atoms with Gasteiger partial charge in [-0.15, -0.1) is 0 Å². The first-order valence-electron chi connectivity index (χ1n) is 6.63. The fourth-order valence-corrected chi connectivity index (χ4v) is 2.64. The van der Waals surface area contributed by atoms with Gasteiger partial charge in [0.05, 0.1) is 5.75 Å². The molecule has 0 bridgehead atoms. The second-order valence-electron chi connectivity index (χ2n) is 4.79. The first kappa shape index (κ1) is 17.4. The van der Waals surface area contributed by atoms with E-state index in [0.29, 0.717) is 11.1 Å². The normalized spacial score (nSPS) is 14.0. The van der Waals surface area contributed by atoms with Crippen molar-refractivity contribution in [3.8, 4) is 11.4 Å². The lowest BCUT2D eigenvalue weighted by atomic mass is 10.1. The molecule has 1 aromatic heterocycles. The maximum absolute atomic E-state index is 12.4. The molecule has 0 fully saturated rings. The van der Waals surface area contributed by atoms with E-state index in [1.54, 1.807) is 19.1 Å². The van der Waals surface area contributed by atoms with Crippen LogP contribution in [0.2, 0.25) is 0 Å². The molecule has 0 amide bonds. The quantitative estimate of drug-likeness (QED) is 0.897. The first-order chi connectivity index (χ1) is 10.6. The van der Waals surface area contributed by atoms with Gasteiger partial charge in [-0.1, -0.05) is 29.4 Å². The Bertz CT molecular complexity index is 770. The molecule has 23 heavy (non-hydrogen) atoms. The van der Waals surface area contributed by atoms with Crippen LogP contribution < -0.4 is 4.72 Å².